The normalized spacial score (nSPS) is 18.1. The van der Waals surface area contributed by atoms with E-state index >= 15 is 0 Å². The number of carboxylic acid groups (broad SMARTS) is 9. The van der Waals surface area contributed by atoms with Gasteiger partial charge in [-0.05, 0) is 34.9 Å². The monoisotopic (exact) mass is 2140 g/mol. The summed E-state index contributed by atoms with van der Waals surface area (Å²) in [5.41, 5.74) is 11.6. The number of rotatable bonds is 36. The number of nitrogen functional groups attached to an aromatic ring is 3. The van der Waals surface area contributed by atoms with E-state index in [4.69, 9.17) is 31.7 Å². The van der Waals surface area contributed by atoms with Gasteiger partial charge in [0.2, 0.25) is 18.3 Å². The minimum Gasteiger partial charge on any atom is -0.543 e. The number of aromatic carboxylic acids is 3. The van der Waals surface area contributed by atoms with Crippen LogP contribution in [-0.2, 0) is 72.0 Å². The Morgan fingerprint density at radius 3 is 0.891 bits per heavy atom. The first-order chi connectivity index (χ1) is 64.4. The molecule has 6 amide bonds. The number of anilines is 3. The molecule has 15 rings (SSSR count). The van der Waals surface area contributed by atoms with Crippen LogP contribution in [0.25, 0.3) is 0 Å². The molecule has 0 aliphatic carbocycles. The SMILES string of the molecule is Nc1nc(/C(=N\OC(C(=O)O)c2cccnc2)C(=O)N[C@@H]2C(=O)N3C(C(=O)[O-])=C(CSc4s[nH]c(=O)c4C(=O)O)CS[C@H]23)cs1.Nc1nc(/C(=N\OC(C(=O)O)c2cccnc2)C(=O)N[C@@H]2C(=O)N3C(C(=O)[O-])=C(CSc4s[nH]c(=O)c4C(=O)O)CS[C@H]23)cs1.Nc1nc(/C(=N\OC(C(=O)O)c2cccnc2)C(=O)N[C@@H]2C(=O)N3C(C(=O)[O-])=C(CSc4s[nH]c(=O)c4C(=O)O)CS[C@H]23)cs1.[Na+].[Na+].[Na+]. The van der Waals surface area contributed by atoms with Crippen LogP contribution >= 0.6 is 139 Å². The van der Waals surface area contributed by atoms with Crippen molar-refractivity contribution in [1.29, 1.82) is 0 Å². The molecule has 9 aromatic rings. The molecule has 0 aromatic carbocycles. The van der Waals surface area contributed by atoms with E-state index in [9.17, 15) is 132 Å². The number of fused-ring (bicyclic) bond motifs is 3. The maximum absolute atomic E-state index is 13.4. The second-order valence-corrected chi connectivity index (χ2v) is 39.2. The zero-order chi connectivity index (χ0) is 97.2. The number of carbonyl (C=O) groups excluding carboxylic acids is 9. The van der Waals surface area contributed by atoms with Gasteiger partial charge in [0, 0.05) is 105 Å². The van der Waals surface area contributed by atoms with Crippen molar-refractivity contribution >= 4 is 261 Å². The van der Waals surface area contributed by atoms with Crippen LogP contribution < -0.4 is 154 Å². The summed E-state index contributed by atoms with van der Waals surface area (Å²) >= 11 is 11.4. The van der Waals surface area contributed by atoms with Crippen molar-refractivity contribution in [1.82, 2.24) is 73.7 Å². The Balaban J connectivity index is 0.000000211. The summed E-state index contributed by atoms with van der Waals surface area (Å²) in [5, 5.41) is 114. The van der Waals surface area contributed by atoms with Crippen LogP contribution in [0.4, 0.5) is 15.4 Å². The molecule has 3 fully saturated rings. The van der Waals surface area contributed by atoms with Crippen LogP contribution in [0.15, 0.2) is 166 Å². The Labute approximate surface area is 883 Å². The summed E-state index contributed by atoms with van der Waals surface area (Å²) in [5.74, 6) is -18.7. The van der Waals surface area contributed by atoms with Crippen molar-refractivity contribution in [2.24, 2.45) is 15.5 Å². The Morgan fingerprint density at radius 2 is 0.688 bits per heavy atom. The number of hydrogen-bond donors (Lipinski definition) is 15. The fraction of sp³-hybridized carbons (Fsp3) is 0.208. The number of thioether (sulfide) groups is 6. The number of aromatic amines is 3. The molecule has 18 N–H and O–H groups in total. The number of pyridine rings is 3. The smallest absolute Gasteiger partial charge is 0.543 e. The number of nitrogens with one attached hydrogen (secondary N) is 6. The van der Waals surface area contributed by atoms with E-state index in [-0.39, 0.29) is 202 Å². The number of aliphatic carboxylic acids is 6. The minimum atomic E-state index is -1.65. The quantitative estimate of drug-likeness (QED) is 0.00570. The number of amides is 6. The van der Waals surface area contributed by atoms with E-state index in [0.717, 1.165) is 154 Å². The Bertz CT molecular complexity index is 6100. The van der Waals surface area contributed by atoms with Gasteiger partial charge in [0.1, 0.15) is 51.3 Å². The summed E-state index contributed by atoms with van der Waals surface area (Å²) in [7, 11) is 0. The van der Waals surface area contributed by atoms with Gasteiger partial charge in [-0.15, -0.1) is 105 Å². The molecule has 9 atom stereocenters. The van der Waals surface area contributed by atoms with Crippen LogP contribution in [-0.4, -0.2) is 263 Å². The van der Waals surface area contributed by atoms with E-state index in [1.807, 2.05) is 0 Å². The number of thiazole rings is 3. The summed E-state index contributed by atoms with van der Waals surface area (Å²) in [6.07, 6.45) is 3.10. The van der Waals surface area contributed by atoms with Gasteiger partial charge in [0.25, 0.3) is 52.1 Å². The van der Waals surface area contributed by atoms with Crippen LogP contribution in [0.2, 0.25) is 0 Å². The van der Waals surface area contributed by atoms with Crippen molar-refractivity contribution in [3.8, 4) is 0 Å². The zero-order valence-electron chi connectivity index (χ0n) is 69.6. The third-order valence-electron chi connectivity index (χ3n) is 18.7. The number of nitrogens with two attached hydrogens (primary N) is 3. The van der Waals surface area contributed by atoms with Crippen molar-refractivity contribution in [3.63, 3.8) is 0 Å². The summed E-state index contributed by atoms with van der Waals surface area (Å²) in [6, 6.07) is 5.12. The standard InChI is InChI=1S/3C24H19N7O10S4.3Na/c3*25-24-27-10(7-44-24)12(29-41-15(22(39)40)8-2-1-3-26-4-8)17(33)28-13-18(34)31-14(21(37)38)9(5-42-19(13)31)6-43-23-11(20(35)36)16(32)30-45-23;;;/h3*1-4,7,13,15,19H,5-6H2,(H2,25,27)(H,28,33)(H,30,32)(H,35,36)(H,37,38)(H,39,40);;;/q;;;3*+1/p-3/b3*29-12+;;;/t3*13-,15?,19-;;;/m111.../s1. The zero-order valence-corrected chi connectivity index (χ0v) is 85.4. The van der Waals surface area contributed by atoms with Gasteiger partial charge in [-0.3, -0.25) is 85.9 Å². The van der Waals surface area contributed by atoms with Gasteiger partial charge in [-0.1, -0.05) is 68.3 Å². The molecule has 9 aromatic heterocycles. The van der Waals surface area contributed by atoms with E-state index < -0.39 is 209 Å². The first kappa shape index (κ1) is 109. The molecule has 0 saturated carbocycles. The summed E-state index contributed by atoms with van der Waals surface area (Å²) < 4.78 is 7.36. The molecule has 6 aliphatic rings. The van der Waals surface area contributed by atoms with E-state index in [1.165, 1.54) is 89.7 Å². The third kappa shape index (κ3) is 24.4. The molecule has 3 saturated heterocycles. The molecular formula is C72H54N21Na3O30S12. The van der Waals surface area contributed by atoms with Gasteiger partial charge in [0.15, 0.2) is 49.2 Å². The van der Waals surface area contributed by atoms with E-state index in [0.29, 0.717) is 0 Å². The predicted molar refractivity (Wildman–Crippen MR) is 475 cm³/mol. The summed E-state index contributed by atoms with van der Waals surface area (Å²) in [6.45, 7) is 0. The van der Waals surface area contributed by atoms with Gasteiger partial charge in [-0.2, -0.15) is 0 Å². The number of β-lactam (4-membered cyclic amide) rings is 3. The molecular weight excluding hydrogens is 2090 g/mol. The second-order valence-electron chi connectivity index (χ2n) is 27.0. The Hall–Kier alpha value is -11.2. The fourth-order valence-corrected chi connectivity index (χ4v) is 24.6. The molecule has 6 aliphatic heterocycles. The Kier molecular flexibility index (Phi) is 37.9. The molecule has 0 radical (unpaired) electrons. The van der Waals surface area contributed by atoms with Crippen molar-refractivity contribution in [2.45, 2.75) is 65.2 Å². The van der Waals surface area contributed by atoms with Gasteiger partial charge in [-0.25, -0.2) is 43.7 Å². The third-order valence-corrected chi connectivity index (χ3v) is 31.4. The number of hydrogen-bond acceptors (Lipinski definition) is 48. The minimum absolute atomic E-state index is 0. The average Bonchev–Trinajstić information content (AvgIpc) is 1.17. The maximum Gasteiger partial charge on any atom is 1.00 e. The largest absolute Gasteiger partial charge is 1.00 e. The van der Waals surface area contributed by atoms with Crippen LogP contribution in [0.3, 0.4) is 0 Å². The number of carboxylic acids is 9. The number of aromatic nitrogens is 9. The van der Waals surface area contributed by atoms with Crippen LogP contribution in [0.1, 0.15) is 83.2 Å². The fourth-order valence-electron chi connectivity index (χ4n) is 12.6. The first-order valence-electron chi connectivity index (χ1n) is 37.0. The van der Waals surface area contributed by atoms with Gasteiger partial charge in [0.05, 0.1) is 47.6 Å². The molecule has 0 bridgehead atoms. The van der Waals surface area contributed by atoms with Gasteiger partial charge < -0.3 is 108 Å². The number of carbonyl (C=O) groups is 15. The molecule has 66 heteroatoms. The molecule has 138 heavy (non-hydrogen) atoms. The molecule has 51 nitrogen and oxygen atoms in total. The average molecular weight is 2150 g/mol. The van der Waals surface area contributed by atoms with Crippen molar-refractivity contribution in [2.75, 3.05) is 51.7 Å². The number of nitrogens with zero attached hydrogens (tertiary/aromatic N) is 12. The van der Waals surface area contributed by atoms with Crippen LogP contribution in [0.5, 0.6) is 0 Å². The molecule has 15 heterocycles. The van der Waals surface area contributed by atoms with Crippen LogP contribution in [0, 0.1) is 0 Å². The number of H-pyrrole nitrogens is 3. The maximum atomic E-state index is 13.4. The molecule has 3 unspecified atom stereocenters. The van der Waals surface area contributed by atoms with Crippen molar-refractivity contribution in [3.05, 3.63) is 205 Å². The van der Waals surface area contributed by atoms with Gasteiger partial charge >= 0.3 is 124 Å². The van der Waals surface area contributed by atoms with E-state index in [1.54, 1.807) is 0 Å². The predicted octanol–water partition coefficient (Wildman–Crippen LogP) is -11.1. The van der Waals surface area contributed by atoms with E-state index in [2.05, 4.69) is 74.4 Å². The first-order valence-corrected chi connectivity index (χ1v) is 48.1. The molecule has 0 spiro atoms. The molecule has 702 valence electrons. The second kappa shape index (κ2) is 48.1. The topological polar surface area (TPSA) is 811 Å². The number of oxime groups is 3. The Morgan fingerprint density at radius 1 is 0.435 bits per heavy atom. The van der Waals surface area contributed by atoms with Crippen molar-refractivity contribution < 1.29 is 221 Å². The summed E-state index contributed by atoms with van der Waals surface area (Å²) in [4.78, 5) is 263.